The third kappa shape index (κ3) is 2.26. The van der Waals surface area contributed by atoms with Gasteiger partial charge in [0.1, 0.15) is 13.7 Å². The van der Waals surface area contributed by atoms with Crippen LogP contribution in [0.4, 0.5) is 0 Å². The summed E-state index contributed by atoms with van der Waals surface area (Å²) in [6, 6.07) is 8.50. The van der Waals surface area contributed by atoms with Crippen molar-refractivity contribution < 1.29 is 4.42 Å². The number of benzene rings is 1. The van der Waals surface area contributed by atoms with Crippen LogP contribution in [0.2, 0.25) is 39.3 Å². The van der Waals surface area contributed by atoms with Gasteiger partial charge < -0.3 is 4.42 Å². The van der Waals surface area contributed by atoms with Crippen molar-refractivity contribution in [1.29, 1.82) is 0 Å². The van der Waals surface area contributed by atoms with Crippen molar-refractivity contribution in [3.63, 3.8) is 0 Å². The molecule has 0 N–H and O–H groups in total. The van der Waals surface area contributed by atoms with Crippen molar-refractivity contribution in [2.75, 3.05) is 0 Å². The Balaban J connectivity index is 2.84. The van der Waals surface area contributed by atoms with Crippen LogP contribution < -0.4 is 10.6 Å². The van der Waals surface area contributed by atoms with Gasteiger partial charge in [-0.15, -0.1) is 0 Å². The second-order valence-corrected chi connectivity index (χ2v) is 16.8. The molecular weight excluding hydrogens is 240 g/mol. The molecule has 0 bridgehead atoms. The Morgan fingerprint density at radius 1 is 0.824 bits per heavy atom. The van der Waals surface area contributed by atoms with Gasteiger partial charge in [-0.1, -0.05) is 57.5 Å². The topological polar surface area (TPSA) is 13.1 Å². The molecule has 1 nitrogen and oxygen atoms in total. The van der Waals surface area contributed by atoms with Gasteiger partial charge in [-0.25, -0.2) is 0 Å². The molecule has 0 radical (unpaired) electrons. The van der Waals surface area contributed by atoms with E-state index in [1.807, 2.05) is 0 Å². The summed E-state index contributed by atoms with van der Waals surface area (Å²) < 4.78 is 6.19. The van der Waals surface area contributed by atoms with Crippen molar-refractivity contribution >= 4 is 37.7 Å². The van der Waals surface area contributed by atoms with E-state index in [0.29, 0.717) is 0 Å². The van der Waals surface area contributed by atoms with E-state index in [2.05, 4.69) is 63.5 Å². The normalized spacial score (nSPS) is 13.3. The number of rotatable bonds is 2. The predicted octanol–water partition coefficient (Wildman–Crippen LogP) is 3.52. The fourth-order valence-corrected chi connectivity index (χ4v) is 7.62. The maximum Gasteiger partial charge on any atom is 0.133 e. The zero-order chi connectivity index (χ0) is 12.8. The Kier molecular flexibility index (Phi) is 2.86. The number of fused-ring (bicyclic) bond motifs is 1. The van der Waals surface area contributed by atoms with E-state index in [4.69, 9.17) is 4.42 Å². The highest BCUT2D eigenvalue weighted by atomic mass is 28.3. The molecule has 0 amide bonds. The zero-order valence-electron chi connectivity index (χ0n) is 11.7. The number of hydrogen-bond acceptors (Lipinski definition) is 1. The first kappa shape index (κ1) is 12.6. The molecule has 0 aliphatic rings. The Morgan fingerprint density at radius 2 is 1.41 bits per heavy atom. The van der Waals surface area contributed by atoms with Gasteiger partial charge in [0.2, 0.25) is 0 Å². The molecule has 0 spiro atoms. The van der Waals surface area contributed by atoms with E-state index in [9.17, 15) is 0 Å². The van der Waals surface area contributed by atoms with E-state index < -0.39 is 16.1 Å². The fraction of sp³-hybridized carbons (Fsp3) is 0.429. The lowest BCUT2D eigenvalue weighted by molar-refractivity contribution is 0.650. The molecule has 17 heavy (non-hydrogen) atoms. The first-order valence-corrected chi connectivity index (χ1v) is 13.2. The smallest absolute Gasteiger partial charge is 0.133 e. The highest BCUT2D eigenvalue weighted by molar-refractivity contribution is 6.99. The molecule has 0 fully saturated rings. The molecule has 2 aromatic rings. The van der Waals surface area contributed by atoms with Gasteiger partial charge in [0.15, 0.2) is 0 Å². The standard InChI is InChI=1S/C14H22OSi2/c1-16(2,3)13-11-9-7-8-10-12(11)15-14(13)17(4,5)6/h7-10H,1-6H3. The summed E-state index contributed by atoms with van der Waals surface area (Å²) in [7, 11) is -2.76. The van der Waals surface area contributed by atoms with Crippen molar-refractivity contribution in [2.45, 2.75) is 39.3 Å². The van der Waals surface area contributed by atoms with Crippen molar-refractivity contribution in [2.24, 2.45) is 0 Å². The number of furan rings is 1. The summed E-state index contributed by atoms with van der Waals surface area (Å²) in [5.74, 6) is 0. The Bertz CT molecular complexity index is 541. The maximum absolute atomic E-state index is 6.19. The summed E-state index contributed by atoms with van der Waals surface area (Å²) in [6.07, 6.45) is 0. The molecule has 0 unspecified atom stereocenters. The van der Waals surface area contributed by atoms with Crippen LogP contribution in [0.5, 0.6) is 0 Å². The lowest BCUT2D eigenvalue weighted by Gasteiger charge is -2.22. The average molecular weight is 263 g/mol. The van der Waals surface area contributed by atoms with Gasteiger partial charge in [0, 0.05) is 5.39 Å². The van der Waals surface area contributed by atoms with Crippen molar-refractivity contribution in [3.05, 3.63) is 24.3 Å². The highest BCUT2D eigenvalue weighted by Crippen LogP contribution is 2.19. The van der Waals surface area contributed by atoms with Crippen LogP contribution >= 0.6 is 0 Å². The van der Waals surface area contributed by atoms with Crippen LogP contribution in [0, 0.1) is 0 Å². The maximum atomic E-state index is 6.19. The van der Waals surface area contributed by atoms with E-state index in [1.54, 1.807) is 5.19 Å². The van der Waals surface area contributed by atoms with Crippen LogP contribution in [-0.2, 0) is 0 Å². The minimum Gasteiger partial charge on any atom is -0.466 e. The summed E-state index contributed by atoms with van der Waals surface area (Å²) in [6.45, 7) is 14.3. The van der Waals surface area contributed by atoms with Gasteiger partial charge in [0.05, 0.1) is 13.5 Å². The summed E-state index contributed by atoms with van der Waals surface area (Å²) in [5, 5.41) is 4.22. The van der Waals surface area contributed by atoms with Gasteiger partial charge in [-0.05, 0) is 11.3 Å². The molecule has 0 atom stereocenters. The summed E-state index contributed by atoms with van der Waals surface area (Å²) in [4.78, 5) is 0. The van der Waals surface area contributed by atoms with Crippen molar-refractivity contribution in [1.82, 2.24) is 0 Å². The van der Waals surface area contributed by atoms with E-state index in [0.717, 1.165) is 5.58 Å². The first-order chi connectivity index (χ1) is 7.71. The van der Waals surface area contributed by atoms with Crippen LogP contribution in [0.25, 0.3) is 11.0 Å². The quantitative estimate of drug-likeness (QED) is 0.755. The molecule has 0 saturated heterocycles. The van der Waals surface area contributed by atoms with E-state index in [-0.39, 0.29) is 0 Å². The SMILES string of the molecule is C[Si](C)(C)c1oc2ccccc2c1[Si](C)(C)C. The Morgan fingerprint density at radius 3 is 1.94 bits per heavy atom. The molecular formula is C14H22OSi2. The lowest BCUT2D eigenvalue weighted by Crippen LogP contribution is -2.54. The monoisotopic (exact) mass is 262 g/mol. The third-order valence-corrected chi connectivity index (χ3v) is 6.99. The zero-order valence-corrected chi connectivity index (χ0v) is 13.7. The van der Waals surface area contributed by atoms with Gasteiger partial charge >= 0.3 is 0 Å². The Labute approximate surface area is 106 Å². The molecule has 1 heterocycles. The van der Waals surface area contributed by atoms with Gasteiger partial charge in [0.25, 0.3) is 0 Å². The molecule has 0 aliphatic heterocycles. The average Bonchev–Trinajstić information content (AvgIpc) is 2.54. The largest absolute Gasteiger partial charge is 0.466 e. The molecule has 1 aromatic carbocycles. The fourth-order valence-electron chi connectivity index (χ4n) is 2.32. The third-order valence-electron chi connectivity index (χ3n) is 3.03. The molecule has 1 aromatic heterocycles. The summed E-state index contributed by atoms with van der Waals surface area (Å²) >= 11 is 0. The molecule has 92 valence electrons. The molecule has 0 aliphatic carbocycles. The van der Waals surface area contributed by atoms with E-state index in [1.165, 1.54) is 10.8 Å². The highest BCUT2D eigenvalue weighted by Gasteiger charge is 2.33. The number of hydrogen-bond donors (Lipinski definition) is 0. The summed E-state index contributed by atoms with van der Waals surface area (Å²) in [5.41, 5.74) is 1.07. The van der Waals surface area contributed by atoms with Crippen molar-refractivity contribution in [3.8, 4) is 0 Å². The lowest BCUT2D eigenvalue weighted by atomic mass is 10.3. The Hall–Kier alpha value is -0.806. The van der Waals surface area contributed by atoms with E-state index >= 15 is 0 Å². The van der Waals surface area contributed by atoms with Crippen LogP contribution in [-0.4, -0.2) is 16.1 Å². The van der Waals surface area contributed by atoms with Crippen LogP contribution in [0.15, 0.2) is 28.7 Å². The predicted molar refractivity (Wildman–Crippen MR) is 82.2 cm³/mol. The first-order valence-electron chi connectivity index (χ1n) is 6.24. The minimum absolute atomic E-state index is 1.07. The molecule has 2 rings (SSSR count). The minimum atomic E-state index is -1.40. The van der Waals surface area contributed by atoms with Gasteiger partial charge in [-0.3, -0.25) is 0 Å². The van der Waals surface area contributed by atoms with Crippen LogP contribution in [0.3, 0.4) is 0 Å². The second-order valence-electron chi connectivity index (χ2n) is 6.80. The number of para-hydroxylation sites is 1. The van der Waals surface area contributed by atoms with Crippen LogP contribution in [0.1, 0.15) is 0 Å². The second kappa shape index (κ2) is 3.85. The van der Waals surface area contributed by atoms with Gasteiger partial charge in [-0.2, -0.15) is 0 Å². The molecule has 3 heteroatoms. The molecule has 0 saturated carbocycles.